The molecule has 0 saturated heterocycles. The first kappa shape index (κ1) is 24.5. The molecule has 0 spiro atoms. The van der Waals surface area contributed by atoms with Gasteiger partial charge in [-0.2, -0.15) is 0 Å². The van der Waals surface area contributed by atoms with Gasteiger partial charge in [0.05, 0.1) is 6.61 Å². The van der Waals surface area contributed by atoms with E-state index in [1.807, 2.05) is 13.0 Å². The minimum absolute atomic E-state index is 0.0901. The second-order valence-corrected chi connectivity index (χ2v) is 15.9. The van der Waals surface area contributed by atoms with Crippen LogP contribution in [0.25, 0.3) is 0 Å². The highest BCUT2D eigenvalue weighted by Gasteiger charge is 2.41. The van der Waals surface area contributed by atoms with Crippen molar-refractivity contribution in [1.29, 1.82) is 0 Å². The summed E-state index contributed by atoms with van der Waals surface area (Å²) in [6.07, 6.45) is 4.00. The van der Waals surface area contributed by atoms with Crippen LogP contribution in [0.1, 0.15) is 72.1 Å². The van der Waals surface area contributed by atoms with Gasteiger partial charge < -0.3 is 13.9 Å². The Hall–Kier alpha value is -1.75. The molecule has 0 fully saturated rings. The number of carbonyl (C=O) groups excluding carboxylic acids is 1. The maximum Gasteiger partial charge on any atom is 0.330 e. The Labute approximate surface area is 184 Å². The van der Waals surface area contributed by atoms with Gasteiger partial charge in [0.2, 0.25) is 8.32 Å². The molecule has 1 aliphatic rings. The Morgan fingerprint density at radius 3 is 2.23 bits per heavy atom. The van der Waals surface area contributed by atoms with E-state index >= 15 is 0 Å². The molecule has 0 radical (unpaired) electrons. The Balaban J connectivity index is 2.68. The van der Waals surface area contributed by atoms with Gasteiger partial charge in [0.15, 0.2) is 0 Å². The van der Waals surface area contributed by atoms with Gasteiger partial charge in [-0.1, -0.05) is 41.5 Å². The molecule has 1 unspecified atom stereocenters. The van der Waals surface area contributed by atoms with E-state index in [1.165, 1.54) is 22.8 Å². The molecule has 1 aliphatic heterocycles. The van der Waals surface area contributed by atoms with Crippen molar-refractivity contribution in [3.8, 4) is 11.5 Å². The molecule has 0 aromatic heterocycles. The molecule has 0 amide bonds. The van der Waals surface area contributed by atoms with Crippen LogP contribution in [0, 0.1) is 0 Å². The number of hydrogen-bond acceptors (Lipinski definition) is 4. The lowest BCUT2D eigenvalue weighted by atomic mass is 9.76. The number of benzene rings is 1. The summed E-state index contributed by atoms with van der Waals surface area (Å²) in [7, 11) is -1.84. The zero-order valence-electron chi connectivity index (χ0n) is 20.8. The zero-order valence-corrected chi connectivity index (χ0v) is 21.8. The van der Waals surface area contributed by atoms with Crippen molar-refractivity contribution < 1.29 is 18.7 Å². The average Bonchev–Trinajstić information content (AvgIpc) is 2.85. The lowest BCUT2D eigenvalue weighted by molar-refractivity contribution is -0.137. The van der Waals surface area contributed by atoms with Crippen LogP contribution in [0.5, 0.6) is 11.5 Å². The summed E-state index contributed by atoms with van der Waals surface area (Å²) in [5.41, 5.74) is 2.78. The van der Waals surface area contributed by atoms with Gasteiger partial charge >= 0.3 is 5.97 Å². The zero-order chi connectivity index (χ0) is 23.1. The first-order valence-electron chi connectivity index (χ1n) is 10.9. The molecule has 0 saturated carbocycles. The van der Waals surface area contributed by atoms with E-state index in [9.17, 15) is 4.79 Å². The summed E-state index contributed by atoms with van der Waals surface area (Å²) < 4.78 is 18.2. The van der Waals surface area contributed by atoms with E-state index in [4.69, 9.17) is 13.9 Å². The van der Waals surface area contributed by atoms with Crippen LogP contribution in [-0.4, -0.2) is 26.5 Å². The van der Waals surface area contributed by atoms with E-state index in [1.54, 1.807) is 6.92 Å². The molecule has 1 aromatic rings. The van der Waals surface area contributed by atoms with Crippen LogP contribution >= 0.6 is 0 Å². The smallest absolute Gasteiger partial charge is 0.330 e. The van der Waals surface area contributed by atoms with Gasteiger partial charge in [0, 0.05) is 29.2 Å². The summed E-state index contributed by atoms with van der Waals surface area (Å²) in [6, 6.07) is 2.16. The topological polar surface area (TPSA) is 44.8 Å². The molecule has 168 valence electrons. The molecule has 1 aromatic carbocycles. The lowest BCUT2D eigenvalue weighted by Crippen LogP contribution is -2.33. The second-order valence-electron chi connectivity index (χ2n) is 11.5. The molecule has 30 heavy (non-hydrogen) atoms. The fraction of sp³-hybridized carbons (Fsp3) is 0.640. The maximum absolute atomic E-state index is 11.9. The molecule has 4 nitrogen and oxygen atoms in total. The fourth-order valence-corrected chi connectivity index (χ4v) is 4.70. The Kier molecular flexibility index (Phi) is 6.59. The third-order valence-electron chi connectivity index (χ3n) is 5.04. The quantitative estimate of drug-likeness (QED) is 0.311. The molecule has 1 atom stereocenters. The SMILES string of the molecule is CCOC(=O)C=CC1(C)Cc2c(cc(C(C)(C)C)c(O[Si](C)(C)C)c2C(C)(C)C)O1. The molecular formula is C25H40O4Si. The van der Waals surface area contributed by atoms with Crippen molar-refractivity contribution in [2.24, 2.45) is 0 Å². The van der Waals surface area contributed by atoms with E-state index in [0.717, 1.165) is 11.5 Å². The van der Waals surface area contributed by atoms with Crippen LogP contribution in [-0.2, 0) is 26.8 Å². The van der Waals surface area contributed by atoms with Gasteiger partial charge in [0.1, 0.15) is 17.1 Å². The highest BCUT2D eigenvalue weighted by molar-refractivity contribution is 6.70. The molecule has 2 rings (SSSR count). The van der Waals surface area contributed by atoms with E-state index < -0.39 is 13.9 Å². The lowest BCUT2D eigenvalue weighted by Gasteiger charge is -2.34. The number of rotatable bonds is 5. The molecule has 0 N–H and O–H groups in total. The monoisotopic (exact) mass is 432 g/mol. The van der Waals surface area contributed by atoms with Crippen LogP contribution in [0.4, 0.5) is 0 Å². The number of carbonyl (C=O) groups is 1. The largest absolute Gasteiger partial charge is 0.544 e. The van der Waals surface area contributed by atoms with Crippen molar-refractivity contribution >= 4 is 14.3 Å². The third kappa shape index (κ3) is 5.69. The van der Waals surface area contributed by atoms with Gasteiger partial charge in [0.25, 0.3) is 0 Å². The number of esters is 1. The summed E-state index contributed by atoms with van der Waals surface area (Å²) in [4.78, 5) is 11.9. The van der Waals surface area contributed by atoms with Crippen molar-refractivity contribution in [3.63, 3.8) is 0 Å². The summed E-state index contributed by atoms with van der Waals surface area (Å²) in [6.45, 7) is 24.2. The Morgan fingerprint density at radius 2 is 1.77 bits per heavy atom. The standard InChI is InChI=1S/C25H40O4Si/c1-12-27-20(26)13-14-25(8)16-17-19(28-25)15-18(23(2,3)4)22(29-30(9,10)11)21(17)24(5,6)7/h13-15H,12,16H2,1-11H3. The summed E-state index contributed by atoms with van der Waals surface area (Å²) in [5, 5.41) is 0. The van der Waals surface area contributed by atoms with Crippen LogP contribution < -0.4 is 9.16 Å². The molecule has 5 heteroatoms. The third-order valence-corrected chi connectivity index (χ3v) is 5.86. The van der Waals surface area contributed by atoms with E-state index in [0.29, 0.717) is 13.0 Å². The van der Waals surface area contributed by atoms with Gasteiger partial charge in [-0.15, -0.1) is 0 Å². The number of hydrogen-bond donors (Lipinski definition) is 0. The summed E-state index contributed by atoms with van der Waals surface area (Å²) in [5.74, 6) is 1.58. The summed E-state index contributed by atoms with van der Waals surface area (Å²) >= 11 is 0. The predicted molar refractivity (Wildman–Crippen MR) is 126 cm³/mol. The molecule has 1 heterocycles. The van der Waals surface area contributed by atoms with Crippen molar-refractivity contribution in [1.82, 2.24) is 0 Å². The van der Waals surface area contributed by atoms with Gasteiger partial charge in [-0.25, -0.2) is 4.79 Å². The first-order chi connectivity index (χ1) is 13.5. The van der Waals surface area contributed by atoms with Gasteiger partial charge in [-0.3, -0.25) is 0 Å². The van der Waals surface area contributed by atoms with Crippen LogP contribution in [0.15, 0.2) is 18.2 Å². The Morgan fingerprint density at radius 1 is 1.17 bits per heavy atom. The molecule has 0 aliphatic carbocycles. The van der Waals surface area contributed by atoms with Crippen molar-refractivity contribution in [2.45, 2.75) is 97.9 Å². The predicted octanol–water partition coefficient (Wildman–Crippen LogP) is 6.31. The van der Waals surface area contributed by atoms with Gasteiger partial charge in [-0.05, 0) is 56.5 Å². The van der Waals surface area contributed by atoms with E-state index in [2.05, 4.69) is 67.2 Å². The molecular weight excluding hydrogens is 392 g/mol. The average molecular weight is 433 g/mol. The minimum atomic E-state index is -1.84. The van der Waals surface area contributed by atoms with Crippen LogP contribution in [0.2, 0.25) is 19.6 Å². The van der Waals surface area contributed by atoms with Crippen LogP contribution in [0.3, 0.4) is 0 Å². The van der Waals surface area contributed by atoms with Crippen molar-refractivity contribution in [2.75, 3.05) is 6.61 Å². The maximum atomic E-state index is 11.9. The molecule has 0 bridgehead atoms. The fourth-order valence-electron chi connectivity index (χ4n) is 3.87. The number of fused-ring (bicyclic) bond motifs is 1. The van der Waals surface area contributed by atoms with Crippen molar-refractivity contribution in [3.05, 3.63) is 34.9 Å². The highest BCUT2D eigenvalue weighted by Crippen LogP contribution is 2.50. The van der Waals surface area contributed by atoms with E-state index in [-0.39, 0.29) is 16.8 Å². The minimum Gasteiger partial charge on any atom is -0.544 e. The highest BCUT2D eigenvalue weighted by atomic mass is 28.4. The normalized spacial score (nSPS) is 19.6. The first-order valence-corrected chi connectivity index (χ1v) is 14.3. The Bertz CT molecular complexity index is 835. The number of ether oxygens (including phenoxy) is 2. The second kappa shape index (κ2) is 8.06.